The molecule has 2 N–H and O–H groups in total. The van der Waals surface area contributed by atoms with E-state index in [0.29, 0.717) is 0 Å². The Kier molecular flexibility index (Phi) is 4.10. The zero-order valence-electron chi connectivity index (χ0n) is 9.16. The van der Waals surface area contributed by atoms with E-state index in [1.54, 1.807) is 5.32 Å². The number of carbonyl (C=O) groups excluding carboxylic acids is 1. The summed E-state index contributed by atoms with van der Waals surface area (Å²) in [4.78, 5) is 11.0. The molecule has 0 bridgehead atoms. The summed E-state index contributed by atoms with van der Waals surface area (Å²) >= 11 is 0. The number of urea groups is 1. The van der Waals surface area contributed by atoms with Crippen LogP contribution in [0.3, 0.4) is 0 Å². The second kappa shape index (κ2) is 5.19. The van der Waals surface area contributed by atoms with Crippen LogP contribution in [0.5, 0.6) is 0 Å². The van der Waals surface area contributed by atoms with E-state index in [-0.39, 0.29) is 5.56 Å². The lowest BCUT2D eigenvalue weighted by molar-refractivity contribution is -0.122. The van der Waals surface area contributed by atoms with Crippen LogP contribution in [0, 0.1) is 18.6 Å². The fourth-order valence-electron chi connectivity index (χ4n) is 1.11. The number of halogens is 5. The van der Waals surface area contributed by atoms with Gasteiger partial charge in [-0.2, -0.15) is 13.2 Å². The quantitative estimate of drug-likeness (QED) is 0.795. The van der Waals surface area contributed by atoms with Gasteiger partial charge in [-0.3, -0.25) is 0 Å². The summed E-state index contributed by atoms with van der Waals surface area (Å²) in [6.07, 6.45) is -4.60. The third-order valence-corrected chi connectivity index (χ3v) is 1.97. The highest BCUT2D eigenvalue weighted by Crippen LogP contribution is 2.21. The molecule has 0 fully saturated rings. The fourth-order valence-corrected chi connectivity index (χ4v) is 1.11. The van der Waals surface area contributed by atoms with Crippen molar-refractivity contribution in [3.8, 4) is 0 Å². The molecular formula is C10H9F5N2O. The maximum Gasteiger partial charge on any atom is 0.405 e. The lowest BCUT2D eigenvalue weighted by Crippen LogP contribution is -2.37. The van der Waals surface area contributed by atoms with Crippen molar-refractivity contribution in [2.24, 2.45) is 0 Å². The molecule has 0 unspecified atom stereocenters. The highest BCUT2D eigenvalue weighted by molar-refractivity contribution is 5.89. The first-order valence-corrected chi connectivity index (χ1v) is 4.77. The van der Waals surface area contributed by atoms with Gasteiger partial charge in [-0.1, -0.05) is 6.07 Å². The Bertz CT molecular complexity index is 458. The van der Waals surface area contributed by atoms with E-state index >= 15 is 0 Å². The molecule has 100 valence electrons. The predicted octanol–water partition coefficient (Wildman–Crippen LogP) is 2.96. The lowest BCUT2D eigenvalue weighted by Gasteiger charge is -2.11. The van der Waals surface area contributed by atoms with Crippen LogP contribution in [0.1, 0.15) is 5.56 Å². The molecule has 0 aliphatic carbocycles. The summed E-state index contributed by atoms with van der Waals surface area (Å²) in [5.41, 5.74) is -0.725. The van der Waals surface area contributed by atoms with Gasteiger partial charge in [0.1, 0.15) is 18.0 Å². The van der Waals surface area contributed by atoms with E-state index in [4.69, 9.17) is 0 Å². The van der Waals surface area contributed by atoms with Gasteiger partial charge >= 0.3 is 12.2 Å². The average Bonchev–Trinajstić information content (AvgIpc) is 2.26. The first-order valence-electron chi connectivity index (χ1n) is 4.77. The van der Waals surface area contributed by atoms with Crippen LogP contribution < -0.4 is 10.6 Å². The van der Waals surface area contributed by atoms with E-state index in [0.717, 1.165) is 12.1 Å². The van der Waals surface area contributed by atoms with Crippen LogP contribution in [0.2, 0.25) is 0 Å². The van der Waals surface area contributed by atoms with Crippen LogP contribution in [-0.2, 0) is 0 Å². The van der Waals surface area contributed by atoms with Crippen molar-refractivity contribution in [3.05, 3.63) is 29.3 Å². The Hall–Kier alpha value is -1.86. The number of hydrogen-bond acceptors (Lipinski definition) is 1. The Morgan fingerprint density at radius 3 is 2.44 bits per heavy atom. The molecule has 3 nitrogen and oxygen atoms in total. The van der Waals surface area contributed by atoms with Gasteiger partial charge in [0.2, 0.25) is 0 Å². The maximum absolute atomic E-state index is 13.4. The summed E-state index contributed by atoms with van der Waals surface area (Å²) in [5.74, 6) is -2.10. The Balaban J connectivity index is 2.74. The van der Waals surface area contributed by atoms with Crippen LogP contribution in [-0.4, -0.2) is 18.8 Å². The zero-order chi connectivity index (χ0) is 13.9. The second-order valence-electron chi connectivity index (χ2n) is 3.48. The van der Waals surface area contributed by atoms with E-state index in [9.17, 15) is 26.7 Å². The number of rotatable bonds is 2. The van der Waals surface area contributed by atoms with Crippen LogP contribution in [0.25, 0.3) is 0 Å². The first-order chi connectivity index (χ1) is 8.20. The average molecular weight is 268 g/mol. The number of alkyl halides is 3. The largest absolute Gasteiger partial charge is 0.405 e. The fraction of sp³-hybridized carbons (Fsp3) is 0.300. The molecule has 0 aliphatic heterocycles. The molecule has 1 aromatic carbocycles. The van der Waals surface area contributed by atoms with Crippen molar-refractivity contribution in [2.45, 2.75) is 13.1 Å². The smallest absolute Gasteiger partial charge is 0.329 e. The van der Waals surface area contributed by atoms with Crippen LogP contribution in [0.15, 0.2) is 12.1 Å². The molecule has 0 heterocycles. The standard InChI is InChI=1S/C10H9F5N2O/c1-5-2-3-6(11)8(7(5)12)17-9(18)16-4-10(13,14)15/h2-3H,4H2,1H3,(H2,16,17,18). The van der Waals surface area contributed by atoms with E-state index < -0.39 is 36.1 Å². The third kappa shape index (κ3) is 3.86. The summed E-state index contributed by atoms with van der Waals surface area (Å²) in [5, 5.41) is 3.13. The normalized spacial score (nSPS) is 11.2. The molecule has 0 atom stereocenters. The number of anilines is 1. The summed E-state index contributed by atoms with van der Waals surface area (Å²) in [6.45, 7) is -0.262. The number of carbonyl (C=O) groups is 1. The SMILES string of the molecule is Cc1ccc(F)c(NC(=O)NCC(F)(F)F)c1F. The highest BCUT2D eigenvalue weighted by atomic mass is 19.4. The van der Waals surface area contributed by atoms with Gasteiger partial charge in [-0.05, 0) is 18.6 Å². The first kappa shape index (κ1) is 14.2. The minimum Gasteiger partial charge on any atom is -0.329 e. The summed E-state index contributed by atoms with van der Waals surface area (Å²) in [7, 11) is 0. The molecule has 0 radical (unpaired) electrons. The summed E-state index contributed by atoms with van der Waals surface area (Å²) in [6, 6.07) is 0.706. The summed E-state index contributed by atoms with van der Waals surface area (Å²) < 4.78 is 61.9. The van der Waals surface area contributed by atoms with Gasteiger partial charge in [0, 0.05) is 0 Å². The van der Waals surface area contributed by atoms with Crippen LogP contribution >= 0.6 is 0 Å². The molecule has 8 heteroatoms. The minimum atomic E-state index is -4.60. The highest BCUT2D eigenvalue weighted by Gasteiger charge is 2.28. The Morgan fingerprint density at radius 2 is 1.89 bits per heavy atom. The van der Waals surface area contributed by atoms with Crippen molar-refractivity contribution in [3.63, 3.8) is 0 Å². The van der Waals surface area contributed by atoms with Crippen molar-refractivity contribution >= 4 is 11.7 Å². The molecule has 18 heavy (non-hydrogen) atoms. The monoisotopic (exact) mass is 268 g/mol. The van der Waals surface area contributed by atoms with Crippen molar-refractivity contribution in [2.75, 3.05) is 11.9 Å². The predicted molar refractivity (Wildman–Crippen MR) is 54.2 cm³/mol. The molecule has 0 saturated carbocycles. The van der Waals surface area contributed by atoms with Gasteiger partial charge < -0.3 is 10.6 Å². The van der Waals surface area contributed by atoms with Crippen molar-refractivity contribution < 1.29 is 26.7 Å². The molecule has 0 spiro atoms. The molecule has 1 aromatic rings. The second-order valence-corrected chi connectivity index (χ2v) is 3.48. The number of aryl methyl sites for hydroxylation is 1. The number of amides is 2. The molecular weight excluding hydrogens is 259 g/mol. The van der Waals surface area contributed by atoms with Crippen molar-refractivity contribution in [1.29, 1.82) is 0 Å². The van der Waals surface area contributed by atoms with Gasteiger partial charge in [0.05, 0.1) is 0 Å². The molecule has 2 amide bonds. The lowest BCUT2D eigenvalue weighted by atomic mass is 10.2. The Labute approximate surface area is 99.0 Å². The molecule has 0 aromatic heterocycles. The maximum atomic E-state index is 13.4. The number of nitrogens with one attached hydrogen (secondary N) is 2. The van der Waals surface area contributed by atoms with Gasteiger partial charge in [0.25, 0.3) is 0 Å². The zero-order valence-corrected chi connectivity index (χ0v) is 9.16. The molecule has 0 saturated heterocycles. The van der Waals surface area contributed by atoms with Gasteiger partial charge in [0.15, 0.2) is 5.82 Å². The van der Waals surface area contributed by atoms with E-state index in [1.165, 1.54) is 12.2 Å². The Morgan fingerprint density at radius 1 is 1.28 bits per heavy atom. The van der Waals surface area contributed by atoms with Gasteiger partial charge in [-0.25, -0.2) is 13.6 Å². The molecule has 0 aliphatic rings. The topological polar surface area (TPSA) is 41.1 Å². The van der Waals surface area contributed by atoms with E-state index in [1.807, 2.05) is 0 Å². The number of benzene rings is 1. The van der Waals surface area contributed by atoms with Gasteiger partial charge in [-0.15, -0.1) is 0 Å². The minimum absolute atomic E-state index is 0.0579. The van der Waals surface area contributed by atoms with Crippen molar-refractivity contribution in [1.82, 2.24) is 5.32 Å². The number of hydrogen-bond donors (Lipinski definition) is 2. The molecule has 1 rings (SSSR count). The third-order valence-electron chi connectivity index (χ3n) is 1.97. The van der Waals surface area contributed by atoms with E-state index in [2.05, 4.69) is 0 Å². The van der Waals surface area contributed by atoms with Crippen LogP contribution in [0.4, 0.5) is 32.4 Å².